The van der Waals surface area contributed by atoms with Crippen LogP contribution < -0.4 is 15.2 Å². The van der Waals surface area contributed by atoms with Crippen molar-refractivity contribution in [1.29, 1.82) is 0 Å². The monoisotopic (exact) mass is 424 g/mol. The zero-order valence-electron chi connectivity index (χ0n) is 16.1. The third-order valence-electron chi connectivity index (χ3n) is 5.13. The maximum Gasteiger partial charge on any atom is 0.257 e. The number of nitrogens with two attached hydrogens (primary N) is 1. The molecule has 5 nitrogen and oxygen atoms in total. The van der Waals surface area contributed by atoms with Gasteiger partial charge in [-0.1, -0.05) is 23.7 Å². The van der Waals surface area contributed by atoms with E-state index in [-0.39, 0.29) is 18.3 Å². The zero-order chi connectivity index (χ0) is 19.4. The number of benzene rings is 2. The number of carbonyl (C=O) groups is 1. The van der Waals surface area contributed by atoms with Gasteiger partial charge in [-0.05, 0) is 48.9 Å². The highest BCUT2D eigenvalue weighted by Crippen LogP contribution is 2.31. The second-order valence-electron chi connectivity index (χ2n) is 6.86. The first-order valence-corrected chi connectivity index (χ1v) is 9.44. The molecule has 1 aliphatic rings. The van der Waals surface area contributed by atoms with Crippen molar-refractivity contribution >= 4 is 35.6 Å². The number of rotatable bonds is 5. The van der Waals surface area contributed by atoms with Crippen molar-refractivity contribution < 1.29 is 14.3 Å². The van der Waals surface area contributed by atoms with Crippen LogP contribution in [0, 0.1) is 5.92 Å². The van der Waals surface area contributed by atoms with Crippen LogP contribution in [0.3, 0.4) is 0 Å². The highest BCUT2D eigenvalue weighted by atomic mass is 35.5. The first kappa shape index (κ1) is 22.2. The molecular formula is C21H26Cl2N2O3. The first-order valence-electron chi connectivity index (χ1n) is 9.07. The third-order valence-corrected chi connectivity index (χ3v) is 5.46. The van der Waals surface area contributed by atoms with Crippen LogP contribution in [0.5, 0.6) is 11.5 Å². The minimum atomic E-state index is -0.0587. The minimum Gasteiger partial charge on any atom is -0.497 e. The van der Waals surface area contributed by atoms with E-state index in [1.807, 2.05) is 17.0 Å². The van der Waals surface area contributed by atoms with E-state index >= 15 is 0 Å². The number of carbonyl (C=O) groups excluding carboxylic acids is 1. The van der Waals surface area contributed by atoms with Gasteiger partial charge in [0.1, 0.15) is 11.5 Å². The van der Waals surface area contributed by atoms with Gasteiger partial charge in [0.05, 0.1) is 30.5 Å². The number of nitrogen functional groups attached to an aromatic ring is 1. The van der Waals surface area contributed by atoms with E-state index in [0.29, 0.717) is 27.9 Å². The van der Waals surface area contributed by atoms with E-state index in [1.54, 1.807) is 19.2 Å². The number of anilines is 1. The number of amides is 1. The van der Waals surface area contributed by atoms with E-state index in [9.17, 15) is 4.79 Å². The number of hydrogen-bond acceptors (Lipinski definition) is 4. The Bertz CT molecular complexity index is 804. The number of hydrogen-bond donors (Lipinski definition) is 1. The summed E-state index contributed by atoms with van der Waals surface area (Å²) in [5.74, 6) is 1.84. The van der Waals surface area contributed by atoms with Crippen LogP contribution in [0.1, 0.15) is 28.8 Å². The van der Waals surface area contributed by atoms with Gasteiger partial charge in [0, 0.05) is 19.2 Å². The van der Waals surface area contributed by atoms with Crippen molar-refractivity contribution in [2.45, 2.75) is 19.3 Å². The quantitative estimate of drug-likeness (QED) is 0.719. The van der Waals surface area contributed by atoms with Gasteiger partial charge in [-0.15, -0.1) is 12.4 Å². The summed E-state index contributed by atoms with van der Waals surface area (Å²) in [6.07, 6.45) is 2.97. The molecule has 1 fully saturated rings. The fourth-order valence-corrected chi connectivity index (χ4v) is 3.67. The molecule has 2 aromatic rings. The maximum atomic E-state index is 12.9. The summed E-state index contributed by atoms with van der Waals surface area (Å²) in [7, 11) is 3.20. The Morgan fingerprint density at radius 1 is 1.14 bits per heavy atom. The number of methoxy groups -OCH3 is 2. The van der Waals surface area contributed by atoms with Gasteiger partial charge in [-0.2, -0.15) is 0 Å². The lowest BCUT2D eigenvalue weighted by Crippen LogP contribution is -2.39. The Hall–Kier alpha value is -2.11. The van der Waals surface area contributed by atoms with E-state index in [0.717, 1.165) is 38.1 Å². The molecule has 7 heteroatoms. The van der Waals surface area contributed by atoms with E-state index < -0.39 is 0 Å². The van der Waals surface area contributed by atoms with Gasteiger partial charge < -0.3 is 20.1 Å². The molecule has 0 aromatic heterocycles. The first-order chi connectivity index (χ1) is 13.0. The molecule has 1 saturated heterocycles. The van der Waals surface area contributed by atoms with Crippen LogP contribution in [0.2, 0.25) is 5.02 Å². The molecule has 2 N–H and O–H groups in total. The van der Waals surface area contributed by atoms with Gasteiger partial charge in [0.2, 0.25) is 0 Å². The Labute approximate surface area is 177 Å². The lowest BCUT2D eigenvalue weighted by atomic mass is 9.90. The summed E-state index contributed by atoms with van der Waals surface area (Å²) in [5.41, 5.74) is 7.98. The van der Waals surface area contributed by atoms with E-state index in [4.69, 9.17) is 26.8 Å². The Morgan fingerprint density at radius 3 is 2.36 bits per heavy atom. The van der Waals surface area contributed by atoms with Gasteiger partial charge in [-0.3, -0.25) is 4.79 Å². The number of nitrogens with zero attached hydrogens (tertiary/aromatic N) is 1. The summed E-state index contributed by atoms with van der Waals surface area (Å²) in [4.78, 5) is 14.8. The van der Waals surface area contributed by atoms with Crippen LogP contribution in [-0.2, 0) is 6.42 Å². The number of ether oxygens (including phenoxy) is 2. The molecule has 152 valence electrons. The second kappa shape index (κ2) is 9.89. The van der Waals surface area contributed by atoms with Crippen molar-refractivity contribution in [2.24, 2.45) is 5.92 Å². The zero-order valence-corrected chi connectivity index (χ0v) is 17.7. The van der Waals surface area contributed by atoms with Crippen molar-refractivity contribution in [3.05, 3.63) is 52.5 Å². The molecule has 3 rings (SSSR count). The molecule has 1 aliphatic heterocycles. The Morgan fingerprint density at radius 2 is 1.79 bits per heavy atom. The van der Waals surface area contributed by atoms with Gasteiger partial charge in [0.15, 0.2) is 0 Å². The van der Waals surface area contributed by atoms with Crippen molar-refractivity contribution in [1.82, 2.24) is 4.90 Å². The lowest BCUT2D eigenvalue weighted by Gasteiger charge is -2.32. The van der Waals surface area contributed by atoms with E-state index in [1.165, 1.54) is 12.7 Å². The summed E-state index contributed by atoms with van der Waals surface area (Å²) in [5, 5.41) is 0.369. The lowest BCUT2D eigenvalue weighted by molar-refractivity contribution is 0.0687. The van der Waals surface area contributed by atoms with Crippen LogP contribution in [0.15, 0.2) is 36.4 Å². The van der Waals surface area contributed by atoms with Gasteiger partial charge >= 0.3 is 0 Å². The SMILES string of the molecule is COc1ccc(CC2CCN(C(=O)c3cc(Cl)c(N)cc3OC)CC2)cc1.Cl. The van der Waals surface area contributed by atoms with E-state index in [2.05, 4.69) is 12.1 Å². The molecule has 0 spiro atoms. The van der Waals surface area contributed by atoms with Crippen molar-refractivity contribution in [3.63, 3.8) is 0 Å². The average molecular weight is 425 g/mol. The Kier molecular flexibility index (Phi) is 7.84. The van der Waals surface area contributed by atoms with Crippen LogP contribution in [-0.4, -0.2) is 38.1 Å². The molecule has 0 unspecified atom stereocenters. The maximum absolute atomic E-state index is 12.9. The normalized spacial score (nSPS) is 14.3. The second-order valence-corrected chi connectivity index (χ2v) is 7.27. The molecule has 0 aliphatic carbocycles. The molecule has 0 saturated carbocycles. The number of halogens is 2. The highest BCUT2D eigenvalue weighted by molar-refractivity contribution is 6.33. The fourth-order valence-electron chi connectivity index (χ4n) is 3.51. The van der Waals surface area contributed by atoms with Crippen LogP contribution >= 0.6 is 24.0 Å². The summed E-state index contributed by atoms with van der Waals surface area (Å²) in [6.45, 7) is 1.45. The number of piperidine rings is 1. The summed E-state index contributed by atoms with van der Waals surface area (Å²) < 4.78 is 10.5. The smallest absolute Gasteiger partial charge is 0.257 e. The third kappa shape index (κ3) is 5.03. The van der Waals surface area contributed by atoms with Gasteiger partial charge in [-0.25, -0.2) is 0 Å². The van der Waals surface area contributed by atoms with Gasteiger partial charge in [0.25, 0.3) is 5.91 Å². The molecule has 0 atom stereocenters. The predicted molar refractivity (Wildman–Crippen MR) is 115 cm³/mol. The summed E-state index contributed by atoms with van der Waals surface area (Å²) in [6, 6.07) is 11.4. The largest absolute Gasteiger partial charge is 0.497 e. The standard InChI is InChI=1S/C21H25ClN2O3.ClH/c1-26-16-5-3-14(4-6-16)11-15-7-9-24(10-8-15)21(25)17-12-18(22)19(23)13-20(17)27-2;/h3-6,12-13,15H,7-11,23H2,1-2H3;1H. The molecule has 1 heterocycles. The highest BCUT2D eigenvalue weighted by Gasteiger charge is 2.26. The fraction of sp³-hybridized carbons (Fsp3) is 0.381. The van der Waals surface area contributed by atoms with Crippen LogP contribution in [0.4, 0.5) is 5.69 Å². The average Bonchev–Trinajstić information content (AvgIpc) is 2.70. The molecule has 2 aromatic carbocycles. The van der Waals surface area contributed by atoms with Crippen molar-refractivity contribution in [2.75, 3.05) is 33.0 Å². The molecule has 28 heavy (non-hydrogen) atoms. The van der Waals surface area contributed by atoms with Crippen LogP contribution in [0.25, 0.3) is 0 Å². The van der Waals surface area contributed by atoms with Crippen molar-refractivity contribution in [3.8, 4) is 11.5 Å². The molecule has 0 bridgehead atoms. The molecular weight excluding hydrogens is 399 g/mol. The topological polar surface area (TPSA) is 64.8 Å². The predicted octanol–water partition coefficient (Wildman–Crippen LogP) is 4.46. The number of likely N-dealkylation sites (tertiary alicyclic amines) is 1. The minimum absolute atomic E-state index is 0. The Balaban J connectivity index is 0.00000280. The summed E-state index contributed by atoms with van der Waals surface area (Å²) >= 11 is 6.10. The molecule has 1 amide bonds. The molecule has 0 radical (unpaired) electrons.